The highest BCUT2D eigenvalue weighted by Crippen LogP contribution is 2.38. The summed E-state index contributed by atoms with van der Waals surface area (Å²) in [5.41, 5.74) is 0. The van der Waals surface area contributed by atoms with Crippen molar-refractivity contribution >= 4 is 5.91 Å². The molecule has 0 bridgehead atoms. The van der Waals surface area contributed by atoms with E-state index >= 15 is 0 Å². The van der Waals surface area contributed by atoms with Crippen molar-refractivity contribution in [1.82, 2.24) is 4.90 Å². The predicted octanol–water partition coefficient (Wildman–Crippen LogP) is 0.783. The average molecular weight is 169 g/mol. The van der Waals surface area contributed by atoms with Crippen molar-refractivity contribution in [2.24, 2.45) is 0 Å². The van der Waals surface area contributed by atoms with Crippen LogP contribution in [0.25, 0.3) is 0 Å². The number of hydrogen-bond acceptors (Lipinski definition) is 2. The number of ether oxygens (including phenoxy) is 1. The number of carbonyl (C=O) groups is 1. The van der Waals surface area contributed by atoms with Gasteiger partial charge in [-0.1, -0.05) is 0 Å². The molecule has 2 saturated heterocycles. The van der Waals surface area contributed by atoms with E-state index in [1.807, 2.05) is 4.90 Å². The topological polar surface area (TPSA) is 32.8 Å². The van der Waals surface area contributed by atoms with Crippen molar-refractivity contribution in [2.75, 3.05) is 0 Å². The van der Waals surface area contributed by atoms with Crippen LogP contribution in [0.3, 0.4) is 0 Å². The van der Waals surface area contributed by atoms with Crippen molar-refractivity contribution in [3.8, 4) is 0 Å². The monoisotopic (exact) mass is 169 g/mol. The van der Waals surface area contributed by atoms with E-state index in [9.17, 15) is 4.79 Å². The van der Waals surface area contributed by atoms with E-state index in [-0.39, 0.29) is 11.9 Å². The van der Waals surface area contributed by atoms with Gasteiger partial charge in [0.25, 0.3) is 0 Å². The summed E-state index contributed by atoms with van der Waals surface area (Å²) in [5, 5.41) is 0. The van der Waals surface area contributed by atoms with Gasteiger partial charge in [0.1, 0.15) is 6.10 Å². The summed E-state index contributed by atoms with van der Waals surface area (Å²) in [4.78, 5) is 13.2. The number of rotatable bonds is 0. The van der Waals surface area contributed by atoms with Crippen LogP contribution in [0.1, 0.15) is 27.2 Å². The summed E-state index contributed by atoms with van der Waals surface area (Å²) >= 11 is 0. The summed E-state index contributed by atoms with van der Waals surface area (Å²) in [6, 6.07) is 0.623. The lowest BCUT2D eigenvalue weighted by Crippen LogP contribution is -2.50. The van der Waals surface area contributed by atoms with Crippen molar-refractivity contribution in [3.05, 3.63) is 0 Å². The molecule has 0 aromatic rings. The molecule has 2 heterocycles. The summed E-state index contributed by atoms with van der Waals surface area (Å²) in [6.07, 6.45) is 1.77. The number of fused-ring (bicyclic) bond motifs is 1. The molecule has 2 aliphatic heterocycles. The highest BCUT2D eigenvalue weighted by molar-refractivity contribution is 5.74. The second kappa shape index (κ2) is 2.46. The molecule has 1 amide bonds. The van der Waals surface area contributed by atoms with Crippen LogP contribution >= 0.6 is 0 Å². The van der Waals surface area contributed by atoms with Crippen molar-refractivity contribution < 1.29 is 9.53 Å². The van der Waals surface area contributed by atoms with E-state index in [0.29, 0.717) is 18.2 Å². The maximum atomic E-state index is 11.3. The molecule has 0 saturated carbocycles. The SMILES string of the molecule is CC(=O)N1[C@H](C)C[C@@H]2O[C@@H]2[C@@H]1C. The molecule has 2 fully saturated rings. The Labute approximate surface area is 72.7 Å². The van der Waals surface area contributed by atoms with E-state index in [1.54, 1.807) is 6.92 Å². The maximum Gasteiger partial charge on any atom is 0.220 e. The molecule has 0 aliphatic carbocycles. The molecular formula is C9H15NO2. The fraction of sp³-hybridized carbons (Fsp3) is 0.889. The van der Waals surface area contributed by atoms with Gasteiger partial charge in [0.2, 0.25) is 5.91 Å². The smallest absolute Gasteiger partial charge is 0.220 e. The lowest BCUT2D eigenvalue weighted by Gasteiger charge is -2.35. The van der Waals surface area contributed by atoms with Gasteiger partial charge in [-0.25, -0.2) is 0 Å². The molecule has 2 rings (SSSR count). The first-order chi connectivity index (χ1) is 5.61. The van der Waals surface area contributed by atoms with E-state index < -0.39 is 0 Å². The molecule has 3 nitrogen and oxygen atoms in total. The minimum Gasteiger partial charge on any atom is -0.367 e. The van der Waals surface area contributed by atoms with Gasteiger partial charge in [-0.15, -0.1) is 0 Å². The van der Waals surface area contributed by atoms with Crippen LogP contribution in [0, 0.1) is 0 Å². The van der Waals surface area contributed by atoms with E-state index in [2.05, 4.69) is 13.8 Å². The van der Waals surface area contributed by atoms with Crippen LogP contribution in [0.2, 0.25) is 0 Å². The molecule has 12 heavy (non-hydrogen) atoms. The Morgan fingerprint density at radius 3 is 2.75 bits per heavy atom. The van der Waals surface area contributed by atoms with Crippen molar-refractivity contribution in [2.45, 2.75) is 51.5 Å². The molecule has 4 atom stereocenters. The lowest BCUT2D eigenvalue weighted by atomic mass is 9.98. The van der Waals surface area contributed by atoms with Gasteiger partial charge in [0.15, 0.2) is 0 Å². The molecule has 0 N–H and O–H groups in total. The van der Waals surface area contributed by atoms with Gasteiger partial charge >= 0.3 is 0 Å². The van der Waals surface area contributed by atoms with Gasteiger partial charge in [0, 0.05) is 13.0 Å². The Morgan fingerprint density at radius 1 is 1.50 bits per heavy atom. The number of hydrogen-bond donors (Lipinski definition) is 0. The zero-order chi connectivity index (χ0) is 8.88. The number of likely N-dealkylation sites (tertiary alicyclic amines) is 1. The highest BCUT2D eigenvalue weighted by Gasteiger charge is 2.51. The molecule has 2 aliphatic rings. The first-order valence-corrected chi connectivity index (χ1v) is 4.55. The number of piperidine rings is 1. The molecule has 0 radical (unpaired) electrons. The highest BCUT2D eigenvalue weighted by atomic mass is 16.6. The molecule has 68 valence electrons. The Balaban J connectivity index is 2.13. The Bertz CT molecular complexity index is 217. The molecule has 0 aromatic carbocycles. The van der Waals surface area contributed by atoms with E-state index in [0.717, 1.165) is 6.42 Å². The first kappa shape index (κ1) is 8.05. The maximum absolute atomic E-state index is 11.3. The summed E-state index contributed by atoms with van der Waals surface area (Å²) in [5.74, 6) is 0.170. The van der Waals surface area contributed by atoms with Crippen LogP contribution in [0.4, 0.5) is 0 Å². The minimum absolute atomic E-state index is 0.170. The van der Waals surface area contributed by atoms with Crippen molar-refractivity contribution in [1.29, 1.82) is 0 Å². The number of nitrogens with zero attached hydrogens (tertiary/aromatic N) is 1. The van der Waals surface area contributed by atoms with Gasteiger partial charge in [-0.05, 0) is 20.3 Å². The number of amides is 1. The predicted molar refractivity (Wildman–Crippen MR) is 44.7 cm³/mol. The van der Waals surface area contributed by atoms with Crippen molar-refractivity contribution in [3.63, 3.8) is 0 Å². The zero-order valence-electron chi connectivity index (χ0n) is 7.78. The van der Waals surface area contributed by atoms with E-state index in [1.165, 1.54) is 0 Å². The second-order valence-electron chi connectivity index (χ2n) is 3.89. The standard InChI is InChI=1S/C9H15NO2/c1-5-4-8-9(12-8)6(2)10(5)7(3)11/h5-6,8-9H,4H2,1-3H3/t5-,6+,8+,9-/m1/s1. The molecule has 3 heteroatoms. The van der Waals surface area contributed by atoms with Crippen LogP contribution in [-0.4, -0.2) is 35.1 Å². The Morgan fingerprint density at radius 2 is 2.17 bits per heavy atom. The third-order valence-corrected chi connectivity index (χ3v) is 2.95. The quantitative estimate of drug-likeness (QED) is 0.502. The first-order valence-electron chi connectivity index (χ1n) is 4.55. The second-order valence-corrected chi connectivity index (χ2v) is 3.89. The average Bonchev–Trinajstić information content (AvgIpc) is 2.65. The van der Waals surface area contributed by atoms with Gasteiger partial charge in [-0.2, -0.15) is 0 Å². The molecule has 0 unspecified atom stereocenters. The number of carbonyl (C=O) groups excluding carboxylic acids is 1. The largest absolute Gasteiger partial charge is 0.367 e. The Kier molecular flexibility index (Phi) is 1.65. The minimum atomic E-state index is 0.170. The van der Waals surface area contributed by atoms with Crippen LogP contribution < -0.4 is 0 Å². The van der Waals surface area contributed by atoms with Crippen LogP contribution in [0.5, 0.6) is 0 Å². The Hall–Kier alpha value is -0.570. The summed E-state index contributed by atoms with van der Waals surface area (Å²) < 4.78 is 5.45. The van der Waals surface area contributed by atoms with Gasteiger partial charge < -0.3 is 9.64 Å². The van der Waals surface area contributed by atoms with Gasteiger partial charge in [0.05, 0.1) is 12.1 Å². The molecular weight excluding hydrogens is 154 g/mol. The fourth-order valence-corrected chi connectivity index (χ4v) is 2.38. The third-order valence-electron chi connectivity index (χ3n) is 2.95. The van der Waals surface area contributed by atoms with E-state index in [4.69, 9.17) is 4.74 Å². The van der Waals surface area contributed by atoms with Crippen LogP contribution in [-0.2, 0) is 9.53 Å². The zero-order valence-corrected chi connectivity index (χ0v) is 7.78. The molecule has 0 aromatic heterocycles. The van der Waals surface area contributed by atoms with Crippen LogP contribution in [0.15, 0.2) is 0 Å². The normalized spacial score (nSPS) is 45.4. The summed E-state index contributed by atoms with van der Waals surface area (Å²) in [6.45, 7) is 5.80. The number of epoxide rings is 1. The summed E-state index contributed by atoms with van der Waals surface area (Å²) in [7, 11) is 0. The van der Waals surface area contributed by atoms with Gasteiger partial charge in [-0.3, -0.25) is 4.79 Å². The lowest BCUT2D eigenvalue weighted by molar-refractivity contribution is -0.134. The third kappa shape index (κ3) is 1.04. The molecule has 0 spiro atoms. The fourth-order valence-electron chi connectivity index (χ4n) is 2.38.